The average molecular weight is 487 g/mol. The number of rotatable bonds is 1. The fraction of sp³-hybridized carbons (Fsp3) is 0.903. The van der Waals surface area contributed by atoms with Crippen molar-refractivity contribution in [2.45, 2.75) is 118 Å². The molecule has 35 heavy (non-hydrogen) atoms. The number of fused-ring (bicyclic) bond motifs is 7. The second-order valence-corrected chi connectivity index (χ2v) is 15.4. The number of carbonyl (C=O) groups excluding carboxylic acids is 1. The quantitative estimate of drug-likeness (QED) is 0.337. The van der Waals surface area contributed by atoms with Gasteiger partial charge in [-0.15, -0.1) is 0 Å². The van der Waals surface area contributed by atoms with Gasteiger partial charge in [0.25, 0.3) is 0 Å². The Bertz CT molecular complexity index is 934. The summed E-state index contributed by atoms with van der Waals surface area (Å²) in [5.74, 6) is 1.13. The first kappa shape index (κ1) is 25.8. The summed E-state index contributed by atoms with van der Waals surface area (Å²) in [6.45, 7) is 16.6. The fourth-order valence-corrected chi connectivity index (χ4v) is 11.0. The zero-order valence-electron chi connectivity index (χ0n) is 23.5. The van der Waals surface area contributed by atoms with Crippen LogP contribution in [0.1, 0.15) is 106 Å². The van der Waals surface area contributed by atoms with E-state index < -0.39 is 12.2 Å². The van der Waals surface area contributed by atoms with Gasteiger partial charge in [0.1, 0.15) is 0 Å². The van der Waals surface area contributed by atoms with Crippen LogP contribution in [-0.4, -0.2) is 35.5 Å². The van der Waals surface area contributed by atoms with Crippen LogP contribution in [0.4, 0.5) is 0 Å². The van der Waals surface area contributed by atoms with E-state index in [2.05, 4.69) is 54.5 Å². The van der Waals surface area contributed by atoms with Gasteiger partial charge in [0.15, 0.2) is 0 Å². The standard InChI is InChI=1S/C31H50O4/c1-26(2)13-15-31(25(34)35-8)16-14-29(6)19(20(31)17-26)9-10-23-28(5)18-21(32)24(33)27(3,4)22(28)11-12-30(23,29)7/h9,20-24,32-33H,10-18H2,1-8H3/t20-,21+,22-,23-,24-,28-,29-,30+,31-/m0/s1. The Hall–Kier alpha value is -0.870. The number of ether oxygens (including phenoxy) is 1. The molecule has 2 N–H and O–H groups in total. The van der Waals surface area contributed by atoms with Crippen molar-refractivity contribution in [3.63, 3.8) is 0 Å². The lowest BCUT2D eigenvalue weighted by atomic mass is 9.33. The van der Waals surface area contributed by atoms with Crippen LogP contribution < -0.4 is 0 Å². The van der Waals surface area contributed by atoms with Gasteiger partial charge in [-0.25, -0.2) is 0 Å². The van der Waals surface area contributed by atoms with Gasteiger partial charge in [-0.05, 0) is 103 Å². The van der Waals surface area contributed by atoms with Gasteiger partial charge in [-0.1, -0.05) is 60.1 Å². The third-order valence-electron chi connectivity index (χ3n) is 13.2. The average Bonchev–Trinajstić information content (AvgIpc) is 2.77. The highest BCUT2D eigenvalue weighted by molar-refractivity contribution is 5.78. The van der Waals surface area contributed by atoms with Crippen molar-refractivity contribution in [3.05, 3.63) is 11.6 Å². The first-order valence-electron chi connectivity index (χ1n) is 14.2. The van der Waals surface area contributed by atoms with Gasteiger partial charge < -0.3 is 14.9 Å². The van der Waals surface area contributed by atoms with Crippen molar-refractivity contribution in [1.29, 1.82) is 0 Å². The Labute approximate surface area is 213 Å². The summed E-state index contributed by atoms with van der Waals surface area (Å²) in [6.07, 6.45) is 10.2. The topological polar surface area (TPSA) is 66.8 Å². The van der Waals surface area contributed by atoms with Gasteiger partial charge in [-0.3, -0.25) is 4.79 Å². The van der Waals surface area contributed by atoms with E-state index in [9.17, 15) is 15.0 Å². The van der Waals surface area contributed by atoms with E-state index in [0.29, 0.717) is 18.3 Å². The van der Waals surface area contributed by atoms with Crippen molar-refractivity contribution in [1.82, 2.24) is 0 Å². The molecule has 0 heterocycles. The molecule has 5 rings (SSSR count). The molecule has 0 bridgehead atoms. The SMILES string of the molecule is COC(=O)[C@]12CCC(C)(C)C[C@H]1C1=CC[C@H]3[C@@]4(C)C[C@@H](O)[C@H](O)C(C)(C)[C@@H]4CC[C@@]3(C)[C@@]1(C)CC2. The minimum atomic E-state index is -0.663. The number of allylic oxidation sites excluding steroid dienone is 2. The van der Waals surface area contributed by atoms with E-state index >= 15 is 0 Å². The van der Waals surface area contributed by atoms with Crippen LogP contribution in [0.15, 0.2) is 11.6 Å². The van der Waals surface area contributed by atoms with E-state index in [0.717, 1.165) is 51.4 Å². The maximum atomic E-state index is 13.4. The van der Waals surface area contributed by atoms with Gasteiger partial charge in [-0.2, -0.15) is 0 Å². The first-order chi connectivity index (χ1) is 16.1. The molecule has 0 radical (unpaired) electrons. The molecule has 198 valence electrons. The number of carbonyl (C=O) groups is 1. The number of hydrogen-bond acceptors (Lipinski definition) is 4. The van der Waals surface area contributed by atoms with Gasteiger partial charge in [0, 0.05) is 0 Å². The predicted octanol–water partition coefficient (Wildman–Crippen LogP) is 6.29. The Morgan fingerprint density at radius 3 is 2.23 bits per heavy atom. The van der Waals surface area contributed by atoms with Gasteiger partial charge in [0.05, 0.1) is 24.7 Å². The zero-order valence-corrected chi connectivity index (χ0v) is 23.5. The van der Waals surface area contributed by atoms with E-state index in [1.54, 1.807) is 12.7 Å². The Kier molecular flexibility index (Phi) is 5.59. The zero-order chi connectivity index (χ0) is 25.8. The van der Waals surface area contributed by atoms with Crippen LogP contribution >= 0.6 is 0 Å². The number of methoxy groups -OCH3 is 1. The fourth-order valence-electron chi connectivity index (χ4n) is 11.0. The lowest BCUT2D eigenvalue weighted by molar-refractivity contribution is -0.232. The van der Waals surface area contributed by atoms with E-state index in [1.165, 1.54) is 0 Å². The van der Waals surface area contributed by atoms with Crippen LogP contribution in [0.25, 0.3) is 0 Å². The Balaban J connectivity index is 1.61. The molecule has 4 fully saturated rings. The summed E-state index contributed by atoms with van der Waals surface area (Å²) in [4.78, 5) is 13.4. The number of aliphatic hydroxyl groups excluding tert-OH is 2. The lowest BCUT2D eigenvalue weighted by Gasteiger charge is -2.71. The van der Waals surface area contributed by atoms with E-state index in [-0.39, 0.29) is 44.4 Å². The van der Waals surface area contributed by atoms with Crippen molar-refractivity contribution >= 4 is 5.97 Å². The molecule has 9 atom stereocenters. The van der Waals surface area contributed by atoms with Crippen molar-refractivity contribution in [3.8, 4) is 0 Å². The highest BCUT2D eigenvalue weighted by Crippen LogP contribution is 2.75. The molecular formula is C31H50O4. The first-order valence-corrected chi connectivity index (χ1v) is 14.2. The Morgan fingerprint density at radius 2 is 1.57 bits per heavy atom. The summed E-state index contributed by atoms with van der Waals surface area (Å²) in [5, 5.41) is 21.9. The lowest BCUT2D eigenvalue weighted by Crippen LogP contribution is -2.67. The molecule has 0 aromatic heterocycles. The van der Waals surface area contributed by atoms with Crippen LogP contribution in [0, 0.1) is 50.2 Å². The molecule has 4 nitrogen and oxygen atoms in total. The van der Waals surface area contributed by atoms with Crippen LogP contribution in [-0.2, 0) is 9.53 Å². The number of hydrogen-bond donors (Lipinski definition) is 2. The monoisotopic (exact) mass is 486 g/mol. The molecule has 0 saturated heterocycles. The molecular weight excluding hydrogens is 436 g/mol. The summed E-state index contributed by atoms with van der Waals surface area (Å²) in [5.41, 5.74) is 1.26. The maximum absolute atomic E-state index is 13.4. The molecule has 0 aromatic carbocycles. The van der Waals surface area contributed by atoms with Crippen LogP contribution in [0.3, 0.4) is 0 Å². The van der Waals surface area contributed by atoms with Crippen LogP contribution in [0.5, 0.6) is 0 Å². The minimum Gasteiger partial charge on any atom is -0.469 e. The molecule has 4 heteroatoms. The van der Waals surface area contributed by atoms with Gasteiger partial charge in [0.2, 0.25) is 0 Å². The van der Waals surface area contributed by atoms with E-state index in [1.807, 2.05) is 0 Å². The van der Waals surface area contributed by atoms with Crippen molar-refractivity contribution in [2.24, 2.45) is 50.2 Å². The summed E-state index contributed by atoms with van der Waals surface area (Å²) < 4.78 is 5.48. The third-order valence-corrected chi connectivity index (χ3v) is 13.2. The third kappa shape index (κ3) is 3.14. The highest BCUT2D eigenvalue weighted by Gasteiger charge is 2.70. The van der Waals surface area contributed by atoms with Crippen LogP contribution in [0.2, 0.25) is 0 Å². The highest BCUT2D eigenvalue weighted by atomic mass is 16.5. The molecule has 4 saturated carbocycles. The molecule has 5 aliphatic carbocycles. The minimum absolute atomic E-state index is 0.00929. The molecule has 5 aliphatic rings. The largest absolute Gasteiger partial charge is 0.469 e. The number of aliphatic hydroxyl groups is 2. The molecule has 0 amide bonds. The van der Waals surface area contributed by atoms with E-state index in [4.69, 9.17) is 4.74 Å². The Morgan fingerprint density at radius 1 is 0.914 bits per heavy atom. The molecule has 0 unspecified atom stereocenters. The second kappa shape index (κ2) is 7.59. The predicted molar refractivity (Wildman–Crippen MR) is 138 cm³/mol. The summed E-state index contributed by atoms with van der Waals surface area (Å²) in [6, 6.07) is 0. The van der Waals surface area contributed by atoms with Crippen molar-refractivity contribution in [2.75, 3.05) is 7.11 Å². The molecule has 0 aromatic rings. The normalized spacial score (nSPS) is 52.2. The number of esters is 1. The second-order valence-electron chi connectivity index (χ2n) is 15.4. The molecule has 0 spiro atoms. The molecule has 0 aliphatic heterocycles. The maximum Gasteiger partial charge on any atom is 0.312 e. The van der Waals surface area contributed by atoms with Crippen molar-refractivity contribution < 1.29 is 19.7 Å². The van der Waals surface area contributed by atoms with Gasteiger partial charge >= 0.3 is 5.97 Å². The smallest absolute Gasteiger partial charge is 0.312 e. The summed E-state index contributed by atoms with van der Waals surface area (Å²) in [7, 11) is 1.57. The summed E-state index contributed by atoms with van der Waals surface area (Å²) >= 11 is 0.